The molecule has 0 radical (unpaired) electrons. The van der Waals surface area contributed by atoms with Gasteiger partial charge in [-0.1, -0.05) is 20.8 Å². The number of rotatable bonds is 4. The molecule has 0 aromatic rings. The topological polar surface area (TPSA) is 12.5 Å². The van der Waals surface area contributed by atoms with Crippen molar-refractivity contribution in [3.05, 3.63) is 0 Å². The van der Waals surface area contributed by atoms with Gasteiger partial charge in [0.15, 0.2) is 0 Å². The molecule has 2 bridgehead atoms. The summed E-state index contributed by atoms with van der Waals surface area (Å²) in [6.07, 6.45) is 5.85. The molecule has 0 aliphatic carbocycles. The molecule has 94 valence electrons. The smallest absolute Gasteiger partial charge is 0.0601 e. The second kappa shape index (κ2) is 5.05. The van der Waals surface area contributed by atoms with Gasteiger partial charge in [0.05, 0.1) is 6.10 Å². The van der Waals surface area contributed by atoms with E-state index >= 15 is 0 Å². The summed E-state index contributed by atoms with van der Waals surface area (Å²) in [6, 6.07) is 1.62. The third-order valence-corrected chi connectivity index (χ3v) is 4.81. The monoisotopic (exact) mass is 225 g/mol. The third kappa shape index (κ3) is 2.43. The molecule has 2 rings (SSSR count). The lowest BCUT2D eigenvalue weighted by Gasteiger charge is -2.40. The van der Waals surface area contributed by atoms with Crippen LogP contribution in [0.25, 0.3) is 0 Å². The maximum Gasteiger partial charge on any atom is 0.0601 e. The van der Waals surface area contributed by atoms with Gasteiger partial charge in [-0.2, -0.15) is 0 Å². The lowest BCUT2D eigenvalue weighted by Crippen LogP contribution is -2.47. The van der Waals surface area contributed by atoms with Gasteiger partial charge in [-0.15, -0.1) is 0 Å². The van der Waals surface area contributed by atoms with Crippen molar-refractivity contribution < 1.29 is 4.74 Å². The van der Waals surface area contributed by atoms with E-state index in [1.54, 1.807) is 0 Å². The molecule has 2 heteroatoms. The van der Waals surface area contributed by atoms with E-state index in [1.165, 1.54) is 32.2 Å². The minimum absolute atomic E-state index is 0.531. The summed E-state index contributed by atoms with van der Waals surface area (Å²) in [4.78, 5) is 2.78. The van der Waals surface area contributed by atoms with E-state index in [0.717, 1.165) is 23.9 Å². The molecule has 2 aliphatic heterocycles. The normalized spacial score (nSPS) is 36.9. The molecule has 0 aromatic carbocycles. The summed E-state index contributed by atoms with van der Waals surface area (Å²) >= 11 is 0. The van der Waals surface area contributed by atoms with Crippen molar-refractivity contribution in [3.63, 3.8) is 0 Å². The molecule has 16 heavy (non-hydrogen) atoms. The first-order chi connectivity index (χ1) is 7.61. The maximum absolute atomic E-state index is 5.55. The van der Waals surface area contributed by atoms with E-state index in [9.17, 15) is 0 Å². The first-order valence-corrected chi connectivity index (χ1v) is 6.90. The standard InChI is InChI=1S/C14H27NO/c1-10(2)11(3)9-15-12-5-6-13(15)8-14(7-12)16-4/h10-14H,5-9H2,1-4H3/t11-,12-,13+,14?/m1/s1. The van der Waals surface area contributed by atoms with Crippen molar-refractivity contribution in [2.75, 3.05) is 13.7 Å². The van der Waals surface area contributed by atoms with Crippen LogP contribution in [0, 0.1) is 11.8 Å². The molecule has 4 atom stereocenters. The van der Waals surface area contributed by atoms with Crippen LogP contribution in [-0.2, 0) is 4.74 Å². The number of methoxy groups -OCH3 is 1. The van der Waals surface area contributed by atoms with E-state index in [2.05, 4.69) is 25.7 Å². The highest BCUT2D eigenvalue weighted by atomic mass is 16.5. The summed E-state index contributed by atoms with van der Waals surface area (Å²) in [6.45, 7) is 8.37. The van der Waals surface area contributed by atoms with Crippen molar-refractivity contribution in [1.82, 2.24) is 4.90 Å². The van der Waals surface area contributed by atoms with E-state index in [4.69, 9.17) is 4.74 Å². The Hall–Kier alpha value is -0.0800. The Bertz CT molecular complexity index is 215. The first-order valence-electron chi connectivity index (χ1n) is 6.90. The summed E-state index contributed by atoms with van der Waals surface area (Å²) in [5.74, 6) is 1.63. The van der Waals surface area contributed by atoms with Crippen molar-refractivity contribution in [2.24, 2.45) is 11.8 Å². The van der Waals surface area contributed by atoms with E-state index in [-0.39, 0.29) is 0 Å². The van der Waals surface area contributed by atoms with E-state index in [1.807, 2.05) is 7.11 Å². The SMILES string of the molecule is COC1C[C@H]2CC[C@@H](C1)N2C[C@@H](C)C(C)C. The van der Waals surface area contributed by atoms with Gasteiger partial charge in [-0.3, -0.25) is 4.90 Å². The Balaban J connectivity index is 1.93. The molecule has 0 spiro atoms. The number of hydrogen-bond donors (Lipinski definition) is 0. The quantitative estimate of drug-likeness (QED) is 0.729. The zero-order valence-corrected chi connectivity index (χ0v) is 11.3. The largest absolute Gasteiger partial charge is 0.381 e. The van der Waals surface area contributed by atoms with Crippen LogP contribution in [0.15, 0.2) is 0 Å². The molecular formula is C14H27NO. The summed E-state index contributed by atoms with van der Waals surface area (Å²) < 4.78 is 5.55. The van der Waals surface area contributed by atoms with Gasteiger partial charge in [0.2, 0.25) is 0 Å². The number of nitrogens with zero attached hydrogens (tertiary/aromatic N) is 1. The van der Waals surface area contributed by atoms with Crippen LogP contribution in [0.4, 0.5) is 0 Å². The third-order valence-electron chi connectivity index (χ3n) is 4.81. The van der Waals surface area contributed by atoms with Gasteiger partial charge in [0.25, 0.3) is 0 Å². The molecule has 2 aliphatic rings. The Morgan fingerprint density at radius 1 is 1.12 bits per heavy atom. The van der Waals surface area contributed by atoms with Crippen molar-refractivity contribution in [3.8, 4) is 0 Å². The maximum atomic E-state index is 5.55. The molecule has 2 heterocycles. The molecule has 0 saturated carbocycles. The van der Waals surface area contributed by atoms with Crippen molar-refractivity contribution in [2.45, 2.75) is 64.6 Å². The Labute approximate surface area is 100 Å². The highest BCUT2D eigenvalue weighted by molar-refractivity contribution is 4.96. The lowest BCUT2D eigenvalue weighted by atomic mass is 9.93. The average Bonchev–Trinajstić information content (AvgIpc) is 2.51. The van der Waals surface area contributed by atoms with Gasteiger partial charge >= 0.3 is 0 Å². The molecule has 0 amide bonds. The molecular weight excluding hydrogens is 198 g/mol. The minimum Gasteiger partial charge on any atom is -0.381 e. The van der Waals surface area contributed by atoms with Crippen LogP contribution >= 0.6 is 0 Å². The molecule has 2 fully saturated rings. The number of ether oxygens (including phenoxy) is 1. The van der Waals surface area contributed by atoms with Gasteiger partial charge in [-0.25, -0.2) is 0 Å². The zero-order chi connectivity index (χ0) is 11.7. The Morgan fingerprint density at radius 3 is 2.12 bits per heavy atom. The van der Waals surface area contributed by atoms with E-state index < -0.39 is 0 Å². The summed E-state index contributed by atoms with van der Waals surface area (Å²) in [5.41, 5.74) is 0. The molecule has 2 nitrogen and oxygen atoms in total. The van der Waals surface area contributed by atoms with Crippen LogP contribution in [0.2, 0.25) is 0 Å². The van der Waals surface area contributed by atoms with Crippen LogP contribution in [0.1, 0.15) is 46.5 Å². The highest BCUT2D eigenvalue weighted by Crippen LogP contribution is 2.37. The second-order valence-corrected chi connectivity index (χ2v) is 6.13. The number of hydrogen-bond acceptors (Lipinski definition) is 2. The second-order valence-electron chi connectivity index (χ2n) is 6.13. The molecule has 1 unspecified atom stereocenters. The lowest BCUT2D eigenvalue weighted by molar-refractivity contribution is -0.00146. The van der Waals surface area contributed by atoms with Gasteiger partial charge in [0, 0.05) is 25.7 Å². The van der Waals surface area contributed by atoms with Gasteiger partial charge in [-0.05, 0) is 37.5 Å². The zero-order valence-electron chi connectivity index (χ0n) is 11.3. The van der Waals surface area contributed by atoms with Gasteiger partial charge < -0.3 is 4.74 Å². The Morgan fingerprint density at radius 2 is 1.69 bits per heavy atom. The van der Waals surface area contributed by atoms with Crippen LogP contribution in [0.5, 0.6) is 0 Å². The minimum atomic E-state index is 0.531. The number of fused-ring (bicyclic) bond motifs is 2. The fourth-order valence-electron chi connectivity index (χ4n) is 3.26. The van der Waals surface area contributed by atoms with Crippen LogP contribution < -0.4 is 0 Å². The van der Waals surface area contributed by atoms with E-state index in [0.29, 0.717) is 6.10 Å². The number of piperidine rings is 1. The first kappa shape index (κ1) is 12.4. The fraction of sp³-hybridized carbons (Fsp3) is 1.00. The Kier molecular flexibility index (Phi) is 3.91. The predicted octanol–water partition coefficient (Wildman–Crippen LogP) is 2.92. The summed E-state index contributed by atoms with van der Waals surface area (Å²) in [5, 5.41) is 0. The fourth-order valence-corrected chi connectivity index (χ4v) is 3.26. The average molecular weight is 225 g/mol. The van der Waals surface area contributed by atoms with Crippen LogP contribution in [-0.4, -0.2) is 36.7 Å². The predicted molar refractivity (Wildman–Crippen MR) is 67.5 cm³/mol. The van der Waals surface area contributed by atoms with Crippen molar-refractivity contribution in [1.29, 1.82) is 0 Å². The van der Waals surface area contributed by atoms with Gasteiger partial charge in [0.1, 0.15) is 0 Å². The molecule has 0 N–H and O–H groups in total. The molecule has 0 aromatic heterocycles. The van der Waals surface area contributed by atoms with Crippen molar-refractivity contribution >= 4 is 0 Å². The summed E-state index contributed by atoms with van der Waals surface area (Å²) in [7, 11) is 1.87. The highest BCUT2D eigenvalue weighted by Gasteiger charge is 2.41. The van der Waals surface area contributed by atoms with Crippen LogP contribution in [0.3, 0.4) is 0 Å². The molecule has 2 saturated heterocycles.